The van der Waals surface area contributed by atoms with Crippen LogP contribution in [0.2, 0.25) is 0 Å². The lowest BCUT2D eigenvalue weighted by Crippen LogP contribution is -2.49. The number of hydrogen-bond acceptors (Lipinski definition) is 2. The maximum Gasteiger partial charge on any atom is 0.237 e. The van der Waals surface area contributed by atoms with E-state index in [2.05, 4.69) is 24.1 Å². The van der Waals surface area contributed by atoms with Crippen molar-refractivity contribution in [2.45, 2.75) is 83.7 Å². The van der Waals surface area contributed by atoms with Crippen LogP contribution < -0.4 is 5.32 Å². The van der Waals surface area contributed by atoms with Crippen LogP contribution in [0, 0.1) is 5.92 Å². The molecule has 0 bridgehead atoms. The van der Waals surface area contributed by atoms with Crippen LogP contribution in [0.1, 0.15) is 71.6 Å². The van der Waals surface area contributed by atoms with Crippen LogP contribution in [-0.2, 0) is 4.79 Å². The molecule has 0 spiro atoms. The van der Waals surface area contributed by atoms with Gasteiger partial charge in [-0.2, -0.15) is 0 Å². The molecule has 2 fully saturated rings. The van der Waals surface area contributed by atoms with Crippen LogP contribution in [0.25, 0.3) is 0 Å². The summed E-state index contributed by atoms with van der Waals surface area (Å²) in [5.74, 6) is 1.08. The largest absolute Gasteiger partial charge is 0.352 e. The van der Waals surface area contributed by atoms with Gasteiger partial charge in [-0.3, -0.25) is 9.69 Å². The predicted molar refractivity (Wildman–Crippen MR) is 83.7 cm³/mol. The Morgan fingerprint density at radius 1 is 1.15 bits per heavy atom. The third-order valence-corrected chi connectivity index (χ3v) is 5.27. The van der Waals surface area contributed by atoms with E-state index in [0.717, 1.165) is 19.0 Å². The fraction of sp³-hybridized carbons (Fsp3) is 0.941. The first-order chi connectivity index (χ1) is 9.70. The summed E-state index contributed by atoms with van der Waals surface area (Å²) in [6, 6.07) is 0.478. The monoisotopic (exact) mass is 280 g/mol. The van der Waals surface area contributed by atoms with Gasteiger partial charge in [-0.1, -0.05) is 39.0 Å². The molecule has 0 aromatic rings. The van der Waals surface area contributed by atoms with E-state index in [4.69, 9.17) is 0 Å². The summed E-state index contributed by atoms with van der Waals surface area (Å²) in [5.41, 5.74) is 0. The van der Waals surface area contributed by atoms with E-state index in [1.807, 2.05) is 0 Å². The molecule has 1 aliphatic carbocycles. The molecular formula is C17H32N2O. The maximum absolute atomic E-state index is 12.5. The lowest BCUT2D eigenvalue weighted by atomic mass is 9.84. The molecule has 1 saturated carbocycles. The molecule has 0 aromatic heterocycles. The molecule has 1 N–H and O–H groups in total. The molecule has 116 valence electrons. The Bertz CT molecular complexity index is 297. The topological polar surface area (TPSA) is 32.3 Å². The van der Waals surface area contributed by atoms with E-state index in [0.29, 0.717) is 6.04 Å². The SMILES string of the molecule is CCC1CCCC(NC(=O)C(C)N2CCCCCC2)C1. The zero-order chi connectivity index (χ0) is 14.4. The summed E-state index contributed by atoms with van der Waals surface area (Å²) in [4.78, 5) is 14.8. The van der Waals surface area contributed by atoms with Crippen molar-refractivity contribution in [2.75, 3.05) is 13.1 Å². The number of hydrogen-bond donors (Lipinski definition) is 1. The summed E-state index contributed by atoms with van der Waals surface area (Å²) in [6.07, 6.45) is 11.4. The highest BCUT2D eigenvalue weighted by Gasteiger charge is 2.26. The molecule has 2 rings (SSSR count). The van der Waals surface area contributed by atoms with Gasteiger partial charge in [-0.15, -0.1) is 0 Å². The number of nitrogens with zero attached hydrogens (tertiary/aromatic N) is 1. The average Bonchev–Trinajstić information content (AvgIpc) is 2.75. The van der Waals surface area contributed by atoms with E-state index in [9.17, 15) is 4.79 Å². The first-order valence-corrected chi connectivity index (χ1v) is 8.75. The molecule has 1 aliphatic heterocycles. The molecule has 0 radical (unpaired) electrons. The standard InChI is InChI=1S/C17H32N2O/c1-3-15-9-8-10-16(13-15)18-17(20)14(2)19-11-6-4-5-7-12-19/h14-16H,3-13H2,1-2H3,(H,18,20). The number of likely N-dealkylation sites (tertiary alicyclic amines) is 1. The van der Waals surface area contributed by atoms with Crippen molar-refractivity contribution in [3.63, 3.8) is 0 Å². The van der Waals surface area contributed by atoms with Gasteiger partial charge < -0.3 is 5.32 Å². The van der Waals surface area contributed by atoms with Gasteiger partial charge in [0.05, 0.1) is 6.04 Å². The van der Waals surface area contributed by atoms with Crippen LogP contribution in [0.15, 0.2) is 0 Å². The summed E-state index contributed by atoms with van der Waals surface area (Å²) in [7, 11) is 0. The van der Waals surface area contributed by atoms with Crippen molar-refractivity contribution >= 4 is 5.91 Å². The van der Waals surface area contributed by atoms with E-state index >= 15 is 0 Å². The van der Waals surface area contributed by atoms with Crippen molar-refractivity contribution in [1.82, 2.24) is 10.2 Å². The van der Waals surface area contributed by atoms with E-state index < -0.39 is 0 Å². The smallest absolute Gasteiger partial charge is 0.237 e. The van der Waals surface area contributed by atoms with Crippen molar-refractivity contribution in [1.29, 1.82) is 0 Å². The maximum atomic E-state index is 12.5. The minimum absolute atomic E-state index is 0.0510. The fourth-order valence-corrected chi connectivity index (χ4v) is 3.76. The summed E-state index contributed by atoms with van der Waals surface area (Å²) in [6.45, 7) is 6.54. The lowest BCUT2D eigenvalue weighted by Gasteiger charge is -2.32. The van der Waals surface area contributed by atoms with Gasteiger partial charge in [0, 0.05) is 6.04 Å². The molecule has 1 saturated heterocycles. The van der Waals surface area contributed by atoms with Crippen molar-refractivity contribution in [3.05, 3.63) is 0 Å². The molecule has 3 heteroatoms. The summed E-state index contributed by atoms with van der Waals surface area (Å²) >= 11 is 0. The van der Waals surface area contributed by atoms with Gasteiger partial charge in [-0.05, 0) is 51.6 Å². The molecular weight excluding hydrogens is 248 g/mol. The highest BCUT2D eigenvalue weighted by Crippen LogP contribution is 2.26. The Balaban J connectivity index is 1.80. The van der Waals surface area contributed by atoms with Gasteiger partial charge >= 0.3 is 0 Å². The number of rotatable bonds is 4. The van der Waals surface area contributed by atoms with Crippen LogP contribution >= 0.6 is 0 Å². The molecule has 0 aromatic carbocycles. The third kappa shape index (κ3) is 4.47. The zero-order valence-electron chi connectivity index (χ0n) is 13.4. The Morgan fingerprint density at radius 2 is 1.85 bits per heavy atom. The zero-order valence-corrected chi connectivity index (χ0v) is 13.4. The van der Waals surface area contributed by atoms with Crippen molar-refractivity contribution in [2.24, 2.45) is 5.92 Å². The minimum Gasteiger partial charge on any atom is -0.352 e. The van der Waals surface area contributed by atoms with E-state index in [1.165, 1.54) is 57.8 Å². The number of carbonyl (C=O) groups is 1. The summed E-state index contributed by atoms with van der Waals surface area (Å²) in [5, 5.41) is 3.32. The van der Waals surface area contributed by atoms with Crippen LogP contribution in [0.5, 0.6) is 0 Å². The van der Waals surface area contributed by atoms with Gasteiger partial charge in [0.25, 0.3) is 0 Å². The number of amides is 1. The van der Waals surface area contributed by atoms with Gasteiger partial charge in [-0.25, -0.2) is 0 Å². The molecule has 1 amide bonds. The Morgan fingerprint density at radius 3 is 2.50 bits per heavy atom. The fourth-order valence-electron chi connectivity index (χ4n) is 3.76. The summed E-state index contributed by atoms with van der Waals surface area (Å²) < 4.78 is 0. The minimum atomic E-state index is 0.0510. The normalized spacial score (nSPS) is 30.5. The predicted octanol–water partition coefficient (Wildman–Crippen LogP) is 3.34. The Kier molecular flexibility index (Phi) is 6.34. The van der Waals surface area contributed by atoms with Gasteiger partial charge in [0.2, 0.25) is 5.91 Å². The molecule has 1 heterocycles. The van der Waals surface area contributed by atoms with Crippen LogP contribution in [0.3, 0.4) is 0 Å². The quantitative estimate of drug-likeness (QED) is 0.856. The van der Waals surface area contributed by atoms with Gasteiger partial charge in [0.1, 0.15) is 0 Å². The Labute approximate surface area is 124 Å². The van der Waals surface area contributed by atoms with Crippen LogP contribution in [0.4, 0.5) is 0 Å². The third-order valence-electron chi connectivity index (χ3n) is 5.27. The molecule has 20 heavy (non-hydrogen) atoms. The van der Waals surface area contributed by atoms with Crippen molar-refractivity contribution < 1.29 is 4.79 Å². The second-order valence-corrected chi connectivity index (χ2v) is 6.77. The molecule has 3 nitrogen and oxygen atoms in total. The average molecular weight is 280 g/mol. The highest BCUT2D eigenvalue weighted by atomic mass is 16.2. The molecule has 3 unspecified atom stereocenters. The first kappa shape index (κ1) is 15.8. The number of nitrogens with one attached hydrogen (secondary N) is 1. The van der Waals surface area contributed by atoms with E-state index in [-0.39, 0.29) is 11.9 Å². The van der Waals surface area contributed by atoms with E-state index in [1.54, 1.807) is 0 Å². The Hall–Kier alpha value is -0.570. The van der Waals surface area contributed by atoms with Crippen LogP contribution in [-0.4, -0.2) is 36.0 Å². The second kappa shape index (κ2) is 8.02. The van der Waals surface area contributed by atoms with Crippen molar-refractivity contribution in [3.8, 4) is 0 Å². The highest BCUT2D eigenvalue weighted by molar-refractivity contribution is 5.81. The van der Waals surface area contributed by atoms with Gasteiger partial charge in [0.15, 0.2) is 0 Å². The molecule has 3 atom stereocenters. The lowest BCUT2D eigenvalue weighted by molar-refractivity contribution is -0.126. The second-order valence-electron chi connectivity index (χ2n) is 6.77. The number of carbonyl (C=O) groups excluding carboxylic acids is 1. The first-order valence-electron chi connectivity index (χ1n) is 8.75. The molecule has 2 aliphatic rings.